The first-order chi connectivity index (χ1) is 16.5. The summed E-state index contributed by atoms with van der Waals surface area (Å²) in [7, 11) is 2.92. The Hall–Kier alpha value is -3.24. The summed E-state index contributed by atoms with van der Waals surface area (Å²) in [5.41, 5.74) is 3.53. The van der Waals surface area contributed by atoms with E-state index in [1.54, 1.807) is 0 Å². The van der Waals surface area contributed by atoms with Gasteiger partial charge in [0, 0.05) is 6.54 Å². The first-order valence-corrected chi connectivity index (χ1v) is 10.8. The average molecular weight is 470 g/mol. The summed E-state index contributed by atoms with van der Waals surface area (Å²) >= 11 is 0. The highest BCUT2D eigenvalue weighted by molar-refractivity contribution is 5.68. The number of ether oxygens (including phenoxy) is 3. The molecule has 9 heteroatoms. The van der Waals surface area contributed by atoms with Crippen molar-refractivity contribution in [1.82, 2.24) is 15.3 Å². The molecule has 3 aromatic rings. The number of hydrogen-bond donors (Lipinski definition) is 4. The first kappa shape index (κ1) is 25.4. The van der Waals surface area contributed by atoms with Crippen molar-refractivity contribution in [3.63, 3.8) is 0 Å². The van der Waals surface area contributed by atoms with Crippen LogP contribution < -0.4 is 19.5 Å². The van der Waals surface area contributed by atoms with Gasteiger partial charge in [-0.2, -0.15) is 9.97 Å². The lowest BCUT2D eigenvalue weighted by Crippen LogP contribution is -2.54. The van der Waals surface area contributed by atoms with Gasteiger partial charge in [-0.05, 0) is 29.2 Å². The summed E-state index contributed by atoms with van der Waals surface area (Å²) in [5, 5.41) is 31.6. The van der Waals surface area contributed by atoms with Crippen LogP contribution >= 0.6 is 0 Å². The van der Waals surface area contributed by atoms with E-state index in [1.807, 2.05) is 37.3 Å². The molecule has 1 heterocycles. The number of hydrogen-bond acceptors (Lipinski definition) is 9. The second kappa shape index (κ2) is 11.8. The van der Waals surface area contributed by atoms with Gasteiger partial charge in [0.1, 0.15) is 6.61 Å². The molecule has 0 radical (unpaired) electrons. The van der Waals surface area contributed by atoms with Gasteiger partial charge in [-0.15, -0.1) is 0 Å². The molecule has 3 rings (SSSR count). The third kappa shape index (κ3) is 5.63. The molecule has 0 saturated carbocycles. The number of nitrogens with one attached hydrogen (secondary N) is 1. The molecule has 0 fully saturated rings. The maximum absolute atomic E-state index is 9.55. The molecule has 0 atom stereocenters. The standard InChI is InChI=1S/C25H31N3O6/c1-17-19(10-7-11-20(17)18-8-5-4-6-9-18)13-34-24-27-22(32-2)21(23(28-24)33-3)12-26-25(14-29,15-30)16-31/h4-11,26,29-31H,12-16H2,1-3H3. The lowest BCUT2D eigenvalue weighted by molar-refractivity contribution is 0.0410. The van der Waals surface area contributed by atoms with Crippen LogP contribution in [-0.4, -0.2) is 64.9 Å². The second-order valence-corrected chi connectivity index (χ2v) is 7.86. The Bertz CT molecular complexity index is 1040. The van der Waals surface area contributed by atoms with E-state index in [9.17, 15) is 15.3 Å². The predicted octanol–water partition coefficient (Wildman–Crippen LogP) is 1.85. The summed E-state index contributed by atoms with van der Waals surface area (Å²) < 4.78 is 16.7. The molecule has 182 valence electrons. The van der Waals surface area contributed by atoms with E-state index >= 15 is 0 Å². The smallest absolute Gasteiger partial charge is 0.323 e. The molecule has 0 amide bonds. The van der Waals surface area contributed by atoms with Gasteiger partial charge in [0.25, 0.3) is 0 Å². The summed E-state index contributed by atoms with van der Waals surface area (Å²) in [6.45, 7) is 0.982. The molecule has 0 aliphatic rings. The first-order valence-electron chi connectivity index (χ1n) is 10.8. The van der Waals surface area contributed by atoms with Gasteiger partial charge in [0.15, 0.2) is 0 Å². The summed E-state index contributed by atoms with van der Waals surface area (Å²) in [4.78, 5) is 8.68. The summed E-state index contributed by atoms with van der Waals surface area (Å²) in [5.74, 6) is 0.429. The Morgan fingerprint density at radius 2 is 1.47 bits per heavy atom. The Morgan fingerprint density at radius 1 is 0.853 bits per heavy atom. The molecule has 0 aliphatic heterocycles. The highest BCUT2D eigenvalue weighted by Crippen LogP contribution is 2.29. The normalized spacial score (nSPS) is 11.4. The highest BCUT2D eigenvalue weighted by Gasteiger charge is 2.29. The molecule has 2 aromatic carbocycles. The van der Waals surface area contributed by atoms with Crippen LogP contribution in [0.3, 0.4) is 0 Å². The number of aliphatic hydroxyl groups is 3. The van der Waals surface area contributed by atoms with Crippen LogP contribution in [0.1, 0.15) is 16.7 Å². The number of benzene rings is 2. The minimum Gasteiger partial charge on any atom is -0.481 e. The fourth-order valence-electron chi connectivity index (χ4n) is 3.48. The van der Waals surface area contributed by atoms with Crippen LogP contribution in [0.4, 0.5) is 0 Å². The van der Waals surface area contributed by atoms with Crippen molar-refractivity contribution in [2.75, 3.05) is 34.0 Å². The van der Waals surface area contributed by atoms with Crippen molar-refractivity contribution in [2.24, 2.45) is 0 Å². The molecule has 34 heavy (non-hydrogen) atoms. The number of aliphatic hydroxyl groups excluding tert-OH is 3. The van der Waals surface area contributed by atoms with E-state index in [2.05, 4.69) is 33.5 Å². The number of nitrogens with zero attached hydrogens (tertiary/aromatic N) is 2. The largest absolute Gasteiger partial charge is 0.481 e. The molecule has 1 aromatic heterocycles. The Morgan fingerprint density at radius 3 is 2.03 bits per heavy atom. The van der Waals surface area contributed by atoms with E-state index in [-0.39, 0.29) is 30.9 Å². The van der Waals surface area contributed by atoms with Gasteiger partial charge in [-0.25, -0.2) is 0 Å². The molecule has 9 nitrogen and oxygen atoms in total. The zero-order valence-corrected chi connectivity index (χ0v) is 19.6. The van der Waals surface area contributed by atoms with Crippen molar-refractivity contribution >= 4 is 0 Å². The van der Waals surface area contributed by atoms with E-state index in [1.165, 1.54) is 14.2 Å². The fourth-order valence-corrected chi connectivity index (χ4v) is 3.48. The van der Waals surface area contributed by atoms with Crippen molar-refractivity contribution in [2.45, 2.75) is 25.6 Å². The molecular weight excluding hydrogens is 438 g/mol. The van der Waals surface area contributed by atoms with Crippen molar-refractivity contribution in [1.29, 1.82) is 0 Å². The topological polar surface area (TPSA) is 126 Å². The quantitative estimate of drug-likeness (QED) is 0.314. The Balaban J connectivity index is 1.81. The fraction of sp³-hybridized carbons (Fsp3) is 0.360. The van der Waals surface area contributed by atoms with Crippen LogP contribution in [0.25, 0.3) is 11.1 Å². The Kier molecular flexibility index (Phi) is 8.78. The number of aromatic nitrogens is 2. The maximum atomic E-state index is 9.55. The minimum absolute atomic E-state index is 0.0759. The lowest BCUT2D eigenvalue weighted by atomic mass is 9.97. The molecular formula is C25H31N3O6. The van der Waals surface area contributed by atoms with Crippen LogP contribution in [0.5, 0.6) is 17.8 Å². The van der Waals surface area contributed by atoms with Gasteiger partial charge >= 0.3 is 6.01 Å². The number of methoxy groups -OCH3 is 2. The van der Waals surface area contributed by atoms with Crippen LogP contribution in [0.15, 0.2) is 48.5 Å². The van der Waals surface area contributed by atoms with Gasteiger partial charge in [0.05, 0.1) is 45.1 Å². The summed E-state index contributed by atoms with van der Waals surface area (Å²) in [6.07, 6.45) is 0. The van der Waals surface area contributed by atoms with Gasteiger partial charge in [-0.3, -0.25) is 0 Å². The molecule has 0 aliphatic carbocycles. The average Bonchev–Trinajstić information content (AvgIpc) is 2.89. The Labute approximate surface area is 199 Å². The SMILES string of the molecule is COc1nc(OCc2cccc(-c3ccccc3)c2C)nc(OC)c1CNC(CO)(CO)CO. The van der Waals surface area contributed by atoms with E-state index < -0.39 is 25.4 Å². The van der Waals surface area contributed by atoms with Gasteiger partial charge in [0.2, 0.25) is 11.8 Å². The third-order valence-electron chi connectivity index (χ3n) is 5.73. The molecule has 0 saturated heterocycles. The van der Waals surface area contributed by atoms with Crippen molar-refractivity contribution in [3.05, 3.63) is 65.2 Å². The van der Waals surface area contributed by atoms with Crippen LogP contribution in [0, 0.1) is 6.92 Å². The zero-order valence-electron chi connectivity index (χ0n) is 19.6. The zero-order chi connectivity index (χ0) is 24.6. The minimum atomic E-state index is -1.27. The second-order valence-electron chi connectivity index (χ2n) is 7.86. The molecule has 4 N–H and O–H groups in total. The third-order valence-corrected chi connectivity index (χ3v) is 5.73. The van der Waals surface area contributed by atoms with E-state index in [0.29, 0.717) is 5.56 Å². The van der Waals surface area contributed by atoms with Crippen LogP contribution in [-0.2, 0) is 13.2 Å². The van der Waals surface area contributed by atoms with Gasteiger partial charge in [-0.1, -0.05) is 48.5 Å². The van der Waals surface area contributed by atoms with Crippen LogP contribution in [0.2, 0.25) is 0 Å². The van der Waals surface area contributed by atoms with Crippen molar-refractivity contribution in [3.8, 4) is 28.9 Å². The van der Waals surface area contributed by atoms with E-state index in [0.717, 1.165) is 22.3 Å². The summed E-state index contributed by atoms with van der Waals surface area (Å²) in [6, 6.07) is 16.3. The molecule has 0 bridgehead atoms. The number of rotatable bonds is 12. The maximum Gasteiger partial charge on any atom is 0.323 e. The predicted molar refractivity (Wildman–Crippen MR) is 127 cm³/mol. The lowest BCUT2D eigenvalue weighted by Gasteiger charge is -2.29. The van der Waals surface area contributed by atoms with E-state index in [4.69, 9.17) is 14.2 Å². The molecule has 0 spiro atoms. The van der Waals surface area contributed by atoms with Crippen molar-refractivity contribution < 1.29 is 29.5 Å². The molecule has 0 unspecified atom stereocenters. The highest BCUT2D eigenvalue weighted by atomic mass is 16.5. The van der Waals surface area contributed by atoms with Gasteiger partial charge < -0.3 is 34.8 Å². The monoisotopic (exact) mass is 469 g/mol.